The van der Waals surface area contributed by atoms with Crippen LogP contribution in [0.4, 0.5) is 5.69 Å². The topological polar surface area (TPSA) is 45.9 Å². The van der Waals surface area contributed by atoms with E-state index in [0.29, 0.717) is 36.1 Å². The lowest BCUT2D eigenvalue weighted by Crippen LogP contribution is -2.49. The predicted octanol–water partition coefficient (Wildman–Crippen LogP) is 4.76. The summed E-state index contributed by atoms with van der Waals surface area (Å²) in [7, 11) is 0. The van der Waals surface area contributed by atoms with Crippen molar-refractivity contribution in [2.75, 3.05) is 37.7 Å². The third kappa shape index (κ3) is 3.42. The first-order valence-electron chi connectivity index (χ1n) is 9.53. The van der Waals surface area contributed by atoms with E-state index in [-0.39, 0.29) is 5.91 Å². The molecule has 0 atom stereocenters. The largest absolute Gasteiger partial charge is 0.492 e. The molecule has 1 amide bonds. The third-order valence-corrected chi connectivity index (χ3v) is 5.40. The van der Waals surface area contributed by atoms with E-state index in [4.69, 9.17) is 20.8 Å². The van der Waals surface area contributed by atoms with Crippen LogP contribution in [0, 0.1) is 6.92 Å². The Balaban J connectivity index is 1.50. The van der Waals surface area contributed by atoms with Crippen molar-refractivity contribution in [2.45, 2.75) is 13.8 Å². The molecular formula is C22H23ClN2O3. The van der Waals surface area contributed by atoms with Gasteiger partial charge in [0.05, 0.1) is 12.3 Å². The fraction of sp³-hybridized carbons (Fsp3) is 0.318. The zero-order valence-corrected chi connectivity index (χ0v) is 16.8. The van der Waals surface area contributed by atoms with Crippen molar-refractivity contribution in [1.29, 1.82) is 0 Å². The number of carbonyl (C=O) groups excluding carboxylic acids is 1. The van der Waals surface area contributed by atoms with Crippen LogP contribution < -0.4 is 9.64 Å². The molecule has 0 N–H and O–H groups in total. The van der Waals surface area contributed by atoms with Crippen LogP contribution in [0.25, 0.3) is 11.0 Å². The van der Waals surface area contributed by atoms with E-state index in [1.165, 1.54) is 0 Å². The van der Waals surface area contributed by atoms with Crippen molar-refractivity contribution < 1.29 is 13.9 Å². The molecule has 0 saturated carbocycles. The van der Waals surface area contributed by atoms with Crippen molar-refractivity contribution in [3.8, 4) is 5.75 Å². The van der Waals surface area contributed by atoms with Crippen LogP contribution in [0.1, 0.15) is 23.0 Å². The molecule has 6 heteroatoms. The average Bonchev–Trinajstić information content (AvgIpc) is 3.04. The molecule has 146 valence electrons. The zero-order chi connectivity index (χ0) is 19.7. The number of piperazine rings is 1. The molecule has 1 fully saturated rings. The summed E-state index contributed by atoms with van der Waals surface area (Å²) < 4.78 is 11.6. The molecule has 0 radical (unpaired) electrons. The molecule has 2 heterocycles. The molecular weight excluding hydrogens is 376 g/mol. The monoisotopic (exact) mass is 398 g/mol. The number of ether oxygens (including phenoxy) is 1. The van der Waals surface area contributed by atoms with Gasteiger partial charge in [0, 0.05) is 42.2 Å². The normalized spacial score (nSPS) is 14.5. The number of para-hydroxylation sites is 2. The lowest BCUT2D eigenvalue weighted by molar-refractivity contribution is 0.0716. The molecule has 0 spiro atoms. The number of anilines is 1. The van der Waals surface area contributed by atoms with Gasteiger partial charge in [-0.3, -0.25) is 4.79 Å². The highest BCUT2D eigenvalue weighted by Crippen LogP contribution is 2.31. The Morgan fingerprint density at radius 2 is 1.89 bits per heavy atom. The SMILES string of the molecule is CCOc1ccccc1N1CCN(C(=O)c2oc3ccc(Cl)cc3c2C)CC1. The predicted molar refractivity (Wildman–Crippen MR) is 112 cm³/mol. The van der Waals surface area contributed by atoms with Gasteiger partial charge in [0.25, 0.3) is 5.91 Å². The van der Waals surface area contributed by atoms with E-state index >= 15 is 0 Å². The molecule has 1 aliphatic heterocycles. The van der Waals surface area contributed by atoms with Crippen molar-refractivity contribution in [3.63, 3.8) is 0 Å². The molecule has 0 unspecified atom stereocenters. The Hall–Kier alpha value is -2.66. The number of hydrogen-bond acceptors (Lipinski definition) is 4. The summed E-state index contributed by atoms with van der Waals surface area (Å²) in [5.41, 5.74) is 2.60. The number of hydrogen-bond donors (Lipinski definition) is 0. The average molecular weight is 399 g/mol. The van der Waals surface area contributed by atoms with Gasteiger partial charge in [-0.15, -0.1) is 0 Å². The van der Waals surface area contributed by atoms with E-state index in [1.54, 1.807) is 6.07 Å². The first-order valence-corrected chi connectivity index (χ1v) is 9.91. The van der Waals surface area contributed by atoms with E-state index < -0.39 is 0 Å². The second-order valence-corrected chi connectivity index (χ2v) is 7.31. The van der Waals surface area contributed by atoms with Crippen LogP contribution in [-0.4, -0.2) is 43.6 Å². The molecule has 2 aromatic carbocycles. The summed E-state index contributed by atoms with van der Waals surface area (Å²) in [5.74, 6) is 1.22. The lowest BCUT2D eigenvalue weighted by atomic mass is 10.1. The minimum Gasteiger partial charge on any atom is -0.492 e. The molecule has 0 bridgehead atoms. The number of furan rings is 1. The van der Waals surface area contributed by atoms with E-state index in [9.17, 15) is 4.79 Å². The maximum absolute atomic E-state index is 13.0. The Morgan fingerprint density at radius 1 is 1.14 bits per heavy atom. The maximum atomic E-state index is 13.0. The zero-order valence-electron chi connectivity index (χ0n) is 16.1. The fourth-order valence-corrected chi connectivity index (χ4v) is 3.86. The van der Waals surface area contributed by atoms with Crippen LogP contribution in [0.15, 0.2) is 46.9 Å². The van der Waals surface area contributed by atoms with Crippen molar-refractivity contribution in [1.82, 2.24) is 4.90 Å². The highest BCUT2D eigenvalue weighted by Gasteiger charge is 2.27. The number of carbonyl (C=O) groups is 1. The summed E-state index contributed by atoms with van der Waals surface area (Å²) in [6.45, 7) is 7.29. The van der Waals surface area contributed by atoms with Gasteiger partial charge >= 0.3 is 0 Å². The number of benzene rings is 2. The quantitative estimate of drug-likeness (QED) is 0.635. The van der Waals surface area contributed by atoms with Crippen molar-refractivity contribution in [3.05, 3.63) is 58.8 Å². The Bertz CT molecular complexity index is 1010. The second-order valence-electron chi connectivity index (χ2n) is 6.88. The number of rotatable bonds is 4. The van der Waals surface area contributed by atoms with Crippen LogP contribution in [0.3, 0.4) is 0 Å². The first-order chi connectivity index (χ1) is 13.6. The van der Waals surface area contributed by atoms with Crippen LogP contribution in [0.5, 0.6) is 5.75 Å². The minimum absolute atomic E-state index is 0.0671. The van der Waals surface area contributed by atoms with Crippen LogP contribution in [0.2, 0.25) is 5.02 Å². The van der Waals surface area contributed by atoms with Gasteiger partial charge in [0.2, 0.25) is 0 Å². The number of aryl methyl sites for hydroxylation is 1. The fourth-order valence-electron chi connectivity index (χ4n) is 3.69. The lowest BCUT2D eigenvalue weighted by Gasteiger charge is -2.36. The Morgan fingerprint density at radius 3 is 2.64 bits per heavy atom. The highest BCUT2D eigenvalue weighted by molar-refractivity contribution is 6.31. The van der Waals surface area contributed by atoms with Gasteiger partial charge in [0.1, 0.15) is 11.3 Å². The molecule has 4 rings (SSSR count). The van der Waals surface area contributed by atoms with Crippen molar-refractivity contribution >= 4 is 34.2 Å². The number of fused-ring (bicyclic) bond motifs is 1. The Kier molecular flexibility index (Phi) is 5.18. The Labute approximate surface area is 169 Å². The minimum atomic E-state index is -0.0671. The van der Waals surface area contributed by atoms with E-state index in [1.807, 2.05) is 49.1 Å². The summed E-state index contributed by atoms with van der Waals surface area (Å²) in [5, 5.41) is 1.53. The maximum Gasteiger partial charge on any atom is 0.290 e. The second kappa shape index (κ2) is 7.76. The summed E-state index contributed by atoms with van der Waals surface area (Å²) in [6, 6.07) is 13.5. The molecule has 1 aliphatic rings. The molecule has 1 saturated heterocycles. The van der Waals surface area contributed by atoms with Gasteiger partial charge in [-0.2, -0.15) is 0 Å². The third-order valence-electron chi connectivity index (χ3n) is 5.17. The summed E-state index contributed by atoms with van der Waals surface area (Å²) in [6.07, 6.45) is 0. The van der Waals surface area contributed by atoms with E-state index in [2.05, 4.69) is 11.0 Å². The van der Waals surface area contributed by atoms with Gasteiger partial charge in [-0.1, -0.05) is 23.7 Å². The smallest absolute Gasteiger partial charge is 0.290 e. The molecule has 0 aliphatic carbocycles. The molecule has 28 heavy (non-hydrogen) atoms. The summed E-state index contributed by atoms with van der Waals surface area (Å²) in [4.78, 5) is 17.2. The van der Waals surface area contributed by atoms with Gasteiger partial charge in [0.15, 0.2) is 5.76 Å². The van der Waals surface area contributed by atoms with Crippen molar-refractivity contribution in [2.24, 2.45) is 0 Å². The summed E-state index contributed by atoms with van der Waals surface area (Å²) >= 11 is 6.08. The van der Waals surface area contributed by atoms with E-state index in [0.717, 1.165) is 35.5 Å². The van der Waals surface area contributed by atoms with Gasteiger partial charge in [-0.05, 0) is 44.2 Å². The van der Waals surface area contributed by atoms with Crippen LogP contribution in [-0.2, 0) is 0 Å². The van der Waals surface area contributed by atoms with Crippen LogP contribution >= 0.6 is 11.6 Å². The number of amides is 1. The molecule has 1 aromatic heterocycles. The molecule has 5 nitrogen and oxygen atoms in total. The standard InChI is InChI=1S/C22H23ClN2O3/c1-3-27-20-7-5-4-6-18(20)24-10-12-25(13-11-24)22(26)21-15(2)17-14-16(23)8-9-19(17)28-21/h4-9,14H,3,10-13H2,1-2H3. The number of nitrogens with zero attached hydrogens (tertiary/aromatic N) is 2. The van der Waals surface area contributed by atoms with Gasteiger partial charge in [-0.25, -0.2) is 0 Å². The molecule has 3 aromatic rings. The van der Waals surface area contributed by atoms with Gasteiger partial charge < -0.3 is 19.0 Å². The first kappa shape index (κ1) is 18.7. The number of halogens is 1. The highest BCUT2D eigenvalue weighted by atomic mass is 35.5.